The number of aliphatic hydroxyl groups is 1. The highest BCUT2D eigenvalue weighted by Crippen LogP contribution is 2.13. The van der Waals surface area contributed by atoms with Gasteiger partial charge in [-0.2, -0.15) is 0 Å². The first-order valence-corrected chi connectivity index (χ1v) is 6.62. The lowest BCUT2D eigenvalue weighted by atomic mass is 10.0. The smallest absolute Gasteiger partial charge is 0.0434 e. The van der Waals surface area contributed by atoms with Crippen LogP contribution in [-0.4, -0.2) is 11.7 Å². The second-order valence-corrected chi connectivity index (χ2v) is 4.99. The van der Waals surface area contributed by atoms with Gasteiger partial charge in [0.15, 0.2) is 0 Å². The van der Waals surface area contributed by atoms with Crippen LogP contribution in [0.25, 0.3) is 0 Å². The van der Waals surface area contributed by atoms with Gasteiger partial charge in [-0.1, -0.05) is 35.5 Å². The summed E-state index contributed by atoms with van der Waals surface area (Å²) in [5.41, 5.74) is 4.13. The number of rotatable bonds is 9. The van der Waals surface area contributed by atoms with Crippen LogP contribution >= 0.6 is 0 Å². The molecule has 98 valence electrons. The highest BCUT2D eigenvalue weighted by atomic mass is 16.2. The summed E-state index contributed by atoms with van der Waals surface area (Å²) in [4.78, 5) is 0. The van der Waals surface area contributed by atoms with Crippen molar-refractivity contribution in [3.63, 3.8) is 0 Å². The average Bonchev–Trinajstić information content (AvgIpc) is 2.25. The van der Waals surface area contributed by atoms with Crippen LogP contribution in [0.3, 0.4) is 0 Å². The Morgan fingerprint density at radius 1 is 1.00 bits per heavy atom. The maximum absolute atomic E-state index is 8.71. The van der Waals surface area contributed by atoms with Gasteiger partial charge in [0.2, 0.25) is 0 Å². The first kappa shape index (κ1) is 16.2. The molecular formula is C16H28O. The Balaban J connectivity index is 3.69. The lowest BCUT2D eigenvalue weighted by Gasteiger charge is -2.03. The summed E-state index contributed by atoms with van der Waals surface area (Å²) < 4.78 is 0. The van der Waals surface area contributed by atoms with Gasteiger partial charge < -0.3 is 5.11 Å². The molecule has 0 aromatic rings. The van der Waals surface area contributed by atoms with Gasteiger partial charge in [0, 0.05) is 6.61 Å². The van der Waals surface area contributed by atoms with E-state index in [1.807, 2.05) is 0 Å². The van der Waals surface area contributed by atoms with Gasteiger partial charge in [0.1, 0.15) is 0 Å². The molecule has 0 aliphatic carbocycles. The summed E-state index contributed by atoms with van der Waals surface area (Å²) in [5.74, 6) is 0. The van der Waals surface area contributed by atoms with Crippen LogP contribution in [0.2, 0.25) is 0 Å². The van der Waals surface area contributed by atoms with E-state index in [0.29, 0.717) is 0 Å². The summed E-state index contributed by atoms with van der Waals surface area (Å²) >= 11 is 0. The molecule has 0 rings (SSSR count). The van der Waals surface area contributed by atoms with Crippen LogP contribution in [0.5, 0.6) is 0 Å². The van der Waals surface area contributed by atoms with Crippen molar-refractivity contribution in [2.75, 3.05) is 6.61 Å². The fourth-order valence-electron chi connectivity index (χ4n) is 1.67. The van der Waals surface area contributed by atoms with Gasteiger partial charge in [-0.3, -0.25) is 0 Å². The third kappa shape index (κ3) is 11.4. The van der Waals surface area contributed by atoms with E-state index in [1.54, 1.807) is 0 Å². The molecule has 1 N–H and O–H groups in total. The standard InChI is InChI=1S/C16H28O/c1-14(2)8-5-9-15(3)10-6-11-16(4)12-7-13-17/h8,10,17H,4-7,9,11-13H2,1-3H3/b15-10+. The molecule has 0 spiro atoms. The lowest BCUT2D eigenvalue weighted by Crippen LogP contribution is -1.87. The minimum atomic E-state index is 0.274. The molecule has 17 heavy (non-hydrogen) atoms. The normalized spacial score (nSPS) is 11.4. The van der Waals surface area contributed by atoms with E-state index in [0.717, 1.165) is 38.5 Å². The molecule has 0 saturated carbocycles. The fraction of sp³-hybridized carbons (Fsp3) is 0.625. The van der Waals surface area contributed by atoms with Crippen molar-refractivity contribution in [2.45, 2.75) is 59.3 Å². The maximum atomic E-state index is 8.71. The van der Waals surface area contributed by atoms with E-state index in [-0.39, 0.29) is 6.61 Å². The van der Waals surface area contributed by atoms with E-state index < -0.39 is 0 Å². The number of allylic oxidation sites excluding steroid dienone is 5. The Morgan fingerprint density at radius 2 is 1.65 bits per heavy atom. The van der Waals surface area contributed by atoms with Gasteiger partial charge in [0.05, 0.1) is 0 Å². The topological polar surface area (TPSA) is 20.2 Å². The van der Waals surface area contributed by atoms with Gasteiger partial charge >= 0.3 is 0 Å². The predicted molar refractivity (Wildman–Crippen MR) is 77.1 cm³/mol. The monoisotopic (exact) mass is 236 g/mol. The number of hydrogen-bond acceptors (Lipinski definition) is 1. The molecule has 0 saturated heterocycles. The largest absolute Gasteiger partial charge is 0.396 e. The Morgan fingerprint density at radius 3 is 2.24 bits per heavy atom. The Hall–Kier alpha value is -0.820. The van der Waals surface area contributed by atoms with Crippen LogP contribution in [0.15, 0.2) is 35.5 Å². The van der Waals surface area contributed by atoms with E-state index >= 15 is 0 Å². The van der Waals surface area contributed by atoms with Crippen molar-refractivity contribution in [1.29, 1.82) is 0 Å². The highest BCUT2D eigenvalue weighted by molar-refractivity contribution is 5.04. The number of aliphatic hydroxyl groups excluding tert-OH is 1. The summed E-state index contributed by atoms with van der Waals surface area (Å²) in [6.45, 7) is 10.8. The zero-order valence-electron chi connectivity index (χ0n) is 11.8. The second kappa shape index (κ2) is 10.3. The van der Waals surface area contributed by atoms with E-state index in [4.69, 9.17) is 5.11 Å². The van der Waals surface area contributed by atoms with Crippen LogP contribution < -0.4 is 0 Å². The Labute approximate surface area is 107 Å². The summed E-state index contributed by atoms with van der Waals surface area (Å²) in [6.07, 6.45) is 10.9. The minimum Gasteiger partial charge on any atom is -0.396 e. The molecule has 0 aliphatic heterocycles. The molecule has 1 nitrogen and oxygen atoms in total. The van der Waals surface area contributed by atoms with Gasteiger partial charge in [0.25, 0.3) is 0 Å². The molecule has 0 aromatic carbocycles. The number of hydrogen-bond donors (Lipinski definition) is 1. The van der Waals surface area contributed by atoms with Crippen LogP contribution in [0.4, 0.5) is 0 Å². The minimum absolute atomic E-state index is 0.274. The fourth-order valence-corrected chi connectivity index (χ4v) is 1.67. The van der Waals surface area contributed by atoms with E-state index in [2.05, 4.69) is 39.5 Å². The molecule has 0 atom stereocenters. The molecule has 0 radical (unpaired) electrons. The SMILES string of the molecule is C=C(CC/C=C(\C)CCC=C(C)C)CCCO. The molecular weight excluding hydrogens is 208 g/mol. The predicted octanol–water partition coefficient (Wildman–Crippen LogP) is 4.79. The second-order valence-electron chi connectivity index (χ2n) is 4.99. The first-order valence-electron chi connectivity index (χ1n) is 6.62. The first-order chi connectivity index (χ1) is 8.06. The van der Waals surface area contributed by atoms with E-state index in [9.17, 15) is 0 Å². The summed E-state index contributed by atoms with van der Waals surface area (Å²) in [5, 5.41) is 8.71. The van der Waals surface area contributed by atoms with Crippen molar-refractivity contribution in [2.24, 2.45) is 0 Å². The Kier molecular flexibility index (Phi) is 9.84. The summed E-state index contributed by atoms with van der Waals surface area (Å²) in [6, 6.07) is 0. The van der Waals surface area contributed by atoms with Crippen molar-refractivity contribution < 1.29 is 5.11 Å². The lowest BCUT2D eigenvalue weighted by molar-refractivity contribution is 0.288. The van der Waals surface area contributed by atoms with Crippen molar-refractivity contribution in [3.8, 4) is 0 Å². The van der Waals surface area contributed by atoms with Crippen LogP contribution in [0, 0.1) is 0 Å². The van der Waals surface area contributed by atoms with Crippen molar-refractivity contribution >= 4 is 0 Å². The quantitative estimate of drug-likeness (QED) is 0.571. The zero-order valence-corrected chi connectivity index (χ0v) is 11.8. The molecule has 0 fully saturated rings. The van der Waals surface area contributed by atoms with Crippen molar-refractivity contribution in [1.82, 2.24) is 0 Å². The summed E-state index contributed by atoms with van der Waals surface area (Å²) in [7, 11) is 0. The highest BCUT2D eigenvalue weighted by Gasteiger charge is 1.94. The molecule has 0 aromatic heterocycles. The van der Waals surface area contributed by atoms with Gasteiger partial charge in [-0.15, -0.1) is 0 Å². The molecule has 0 heterocycles. The average molecular weight is 236 g/mol. The molecule has 0 bridgehead atoms. The van der Waals surface area contributed by atoms with E-state index in [1.165, 1.54) is 16.7 Å². The van der Waals surface area contributed by atoms with Crippen LogP contribution in [0.1, 0.15) is 59.3 Å². The molecule has 0 aliphatic rings. The van der Waals surface area contributed by atoms with Crippen LogP contribution in [-0.2, 0) is 0 Å². The molecule has 0 amide bonds. The Bertz CT molecular complexity index is 267. The zero-order chi connectivity index (χ0) is 13.1. The van der Waals surface area contributed by atoms with Gasteiger partial charge in [-0.05, 0) is 59.3 Å². The van der Waals surface area contributed by atoms with Crippen molar-refractivity contribution in [3.05, 3.63) is 35.5 Å². The van der Waals surface area contributed by atoms with Gasteiger partial charge in [-0.25, -0.2) is 0 Å². The maximum Gasteiger partial charge on any atom is 0.0434 e. The third-order valence-electron chi connectivity index (χ3n) is 2.77. The molecule has 1 heteroatoms. The molecule has 0 unspecified atom stereocenters. The third-order valence-corrected chi connectivity index (χ3v) is 2.77.